The zero-order valence-corrected chi connectivity index (χ0v) is 16.0. The molecule has 0 aliphatic rings. The van der Waals surface area contributed by atoms with Gasteiger partial charge in [0.15, 0.2) is 0 Å². The van der Waals surface area contributed by atoms with Crippen molar-refractivity contribution in [3.05, 3.63) is 47.8 Å². The number of fused-ring (bicyclic) bond motifs is 1. The Balaban J connectivity index is 1.67. The van der Waals surface area contributed by atoms with Crippen molar-refractivity contribution >= 4 is 22.7 Å². The molecular weight excluding hydrogens is 322 g/mol. The monoisotopic (exact) mass is 351 g/mol. The first kappa shape index (κ1) is 18.2. The second kappa shape index (κ2) is 8.70. The largest absolute Gasteiger partial charge is 0.361 e. The van der Waals surface area contributed by atoms with Gasteiger partial charge in [0, 0.05) is 48.5 Å². The van der Waals surface area contributed by atoms with E-state index in [1.807, 2.05) is 6.92 Å². The minimum absolute atomic E-state index is 0.719. The highest BCUT2D eigenvalue weighted by Crippen LogP contribution is 2.19. The van der Waals surface area contributed by atoms with Crippen LogP contribution in [0.5, 0.6) is 0 Å². The molecule has 2 heterocycles. The topological polar surface area (TPSA) is 56.8 Å². The number of aromatic nitrogens is 3. The number of hydrogen-bond donors (Lipinski definition) is 2. The van der Waals surface area contributed by atoms with E-state index in [1.54, 1.807) is 0 Å². The van der Waals surface area contributed by atoms with Crippen LogP contribution in [0.25, 0.3) is 10.9 Å². The molecule has 1 aromatic carbocycles. The molecular formula is C21H29N5. The Morgan fingerprint density at radius 2 is 1.85 bits per heavy atom. The van der Waals surface area contributed by atoms with E-state index in [1.165, 1.54) is 16.5 Å². The molecule has 3 rings (SSSR count). The van der Waals surface area contributed by atoms with E-state index in [9.17, 15) is 0 Å². The van der Waals surface area contributed by atoms with E-state index >= 15 is 0 Å². The highest BCUT2D eigenvalue weighted by atomic mass is 15.2. The fourth-order valence-corrected chi connectivity index (χ4v) is 3.32. The Bertz CT molecular complexity index is 833. The van der Waals surface area contributed by atoms with Crippen molar-refractivity contribution in [3.63, 3.8) is 0 Å². The van der Waals surface area contributed by atoms with E-state index in [4.69, 9.17) is 4.98 Å². The van der Waals surface area contributed by atoms with Crippen molar-refractivity contribution in [2.45, 2.75) is 40.0 Å². The van der Waals surface area contributed by atoms with Crippen molar-refractivity contribution in [1.82, 2.24) is 15.0 Å². The molecule has 0 radical (unpaired) electrons. The highest BCUT2D eigenvalue weighted by Gasteiger charge is 2.10. The molecule has 3 aromatic rings. The third-order valence-corrected chi connectivity index (χ3v) is 4.50. The molecule has 0 fully saturated rings. The molecule has 0 aliphatic carbocycles. The van der Waals surface area contributed by atoms with Gasteiger partial charge in [-0.25, -0.2) is 4.98 Å². The van der Waals surface area contributed by atoms with Crippen LogP contribution in [-0.4, -0.2) is 34.6 Å². The van der Waals surface area contributed by atoms with Crippen LogP contribution >= 0.6 is 0 Å². The standard InChI is InChI=1S/C21H29N5/c1-4-12-26(13-5-2)20-14-16(3)24-21(25-20)22-11-10-17-15-23-19-9-7-6-8-18(17)19/h6-9,14-15,23H,4-5,10-13H2,1-3H3,(H,22,24,25). The van der Waals surface area contributed by atoms with E-state index in [2.05, 4.69) is 70.6 Å². The maximum Gasteiger partial charge on any atom is 0.224 e. The Morgan fingerprint density at radius 3 is 2.62 bits per heavy atom. The maximum absolute atomic E-state index is 4.75. The molecule has 0 unspecified atom stereocenters. The van der Waals surface area contributed by atoms with E-state index in [0.717, 1.165) is 56.4 Å². The lowest BCUT2D eigenvalue weighted by Gasteiger charge is -2.23. The molecule has 2 N–H and O–H groups in total. The first-order chi connectivity index (χ1) is 12.7. The number of rotatable bonds is 9. The minimum atomic E-state index is 0.719. The van der Waals surface area contributed by atoms with Gasteiger partial charge < -0.3 is 15.2 Å². The quantitative estimate of drug-likeness (QED) is 0.594. The van der Waals surface area contributed by atoms with Gasteiger partial charge in [0.25, 0.3) is 0 Å². The summed E-state index contributed by atoms with van der Waals surface area (Å²) in [6, 6.07) is 10.5. The Labute approximate surface area is 155 Å². The zero-order valence-electron chi connectivity index (χ0n) is 16.0. The van der Waals surface area contributed by atoms with Gasteiger partial charge >= 0.3 is 0 Å². The molecule has 0 amide bonds. The van der Waals surface area contributed by atoms with Crippen LogP contribution in [0.3, 0.4) is 0 Å². The van der Waals surface area contributed by atoms with Crippen LogP contribution in [-0.2, 0) is 6.42 Å². The molecule has 2 aromatic heterocycles. The predicted molar refractivity (Wildman–Crippen MR) is 110 cm³/mol. The smallest absolute Gasteiger partial charge is 0.224 e. The number of nitrogens with zero attached hydrogens (tertiary/aromatic N) is 3. The van der Waals surface area contributed by atoms with Gasteiger partial charge in [-0.05, 0) is 37.8 Å². The summed E-state index contributed by atoms with van der Waals surface area (Å²) >= 11 is 0. The van der Waals surface area contributed by atoms with Crippen molar-refractivity contribution in [2.75, 3.05) is 29.9 Å². The van der Waals surface area contributed by atoms with E-state index < -0.39 is 0 Å². The summed E-state index contributed by atoms with van der Waals surface area (Å²) in [7, 11) is 0. The molecule has 0 saturated carbocycles. The van der Waals surface area contributed by atoms with Crippen LogP contribution < -0.4 is 10.2 Å². The SMILES string of the molecule is CCCN(CCC)c1cc(C)nc(NCCc2c[nH]c3ccccc23)n1. The summed E-state index contributed by atoms with van der Waals surface area (Å²) < 4.78 is 0. The van der Waals surface area contributed by atoms with Gasteiger partial charge in [0.2, 0.25) is 5.95 Å². The third-order valence-electron chi connectivity index (χ3n) is 4.50. The van der Waals surface area contributed by atoms with E-state index in [0.29, 0.717) is 0 Å². The number of H-pyrrole nitrogens is 1. The van der Waals surface area contributed by atoms with Gasteiger partial charge in [-0.2, -0.15) is 4.98 Å². The molecule has 0 aliphatic heterocycles. The van der Waals surface area contributed by atoms with Crippen molar-refractivity contribution in [1.29, 1.82) is 0 Å². The van der Waals surface area contributed by atoms with Gasteiger partial charge in [0.1, 0.15) is 5.82 Å². The lowest BCUT2D eigenvalue weighted by Crippen LogP contribution is -2.26. The van der Waals surface area contributed by atoms with Gasteiger partial charge in [-0.3, -0.25) is 0 Å². The predicted octanol–water partition coefficient (Wildman–Crippen LogP) is 4.55. The molecule has 0 bridgehead atoms. The van der Waals surface area contributed by atoms with Gasteiger partial charge in [0.05, 0.1) is 0 Å². The lowest BCUT2D eigenvalue weighted by atomic mass is 10.1. The molecule has 5 heteroatoms. The lowest BCUT2D eigenvalue weighted by molar-refractivity contribution is 0.732. The summed E-state index contributed by atoms with van der Waals surface area (Å²) in [6.07, 6.45) is 5.27. The zero-order chi connectivity index (χ0) is 18.4. The number of aryl methyl sites for hydroxylation is 1. The summed E-state index contributed by atoms with van der Waals surface area (Å²) in [5, 5.41) is 4.69. The van der Waals surface area contributed by atoms with Crippen LogP contribution in [0.1, 0.15) is 37.9 Å². The minimum Gasteiger partial charge on any atom is -0.361 e. The highest BCUT2D eigenvalue weighted by molar-refractivity contribution is 5.83. The van der Waals surface area contributed by atoms with Crippen LogP contribution in [0.2, 0.25) is 0 Å². The maximum atomic E-state index is 4.75. The molecule has 5 nitrogen and oxygen atoms in total. The number of para-hydroxylation sites is 1. The summed E-state index contributed by atoms with van der Waals surface area (Å²) in [5.74, 6) is 1.74. The molecule has 26 heavy (non-hydrogen) atoms. The first-order valence-electron chi connectivity index (χ1n) is 9.60. The van der Waals surface area contributed by atoms with Crippen molar-refractivity contribution < 1.29 is 0 Å². The molecule has 138 valence electrons. The van der Waals surface area contributed by atoms with Crippen LogP contribution in [0, 0.1) is 6.92 Å². The van der Waals surface area contributed by atoms with Gasteiger partial charge in [-0.1, -0.05) is 32.0 Å². The number of benzene rings is 1. The Kier molecular flexibility index (Phi) is 6.10. The Hall–Kier alpha value is -2.56. The van der Waals surface area contributed by atoms with Crippen molar-refractivity contribution in [2.24, 2.45) is 0 Å². The summed E-state index contributed by atoms with van der Waals surface area (Å²) in [5.41, 5.74) is 3.51. The second-order valence-electron chi connectivity index (χ2n) is 6.71. The second-order valence-corrected chi connectivity index (χ2v) is 6.71. The van der Waals surface area contributed by atoms with Crippen LogP contribution in [0.15, 0.2) is 36.5 Å². The average Bonchev–Trinajstić information content (AvgIpc) is 3.04. The fraction of sp³-hybridized carbons (Fsp3) is 0.429. The van der Waals surface area contributed by atoms with Gasteiger partial charge in [-0.15, -0.1) is 0 Å². The molecule has 0 spiro atoms. The molecule has 0 atom stereocenters. The van der Waals surface area contributed by atoms with Crippen LogP contribution in [0.4, 0.5) is 11.8 Å². The summed E-state index contributed by atoms with van der Waals surface area (Å²) in [4.78, 5) is 15.0. The van der Waals surface area contributed by atoms with Crippen molar-refractivity contribution in [3.8, 4) is 0 Å². The number of aromatic amines is 1. The number of nitrogens with one attached hydrogen (secondary N) is 2. The average molecular weight is 351 g/mol. The first-order valence-corrected chi connectivity index (χ1v) is 9.60. The van der Waals surface area contributed by atoms with E-state index in [-0.39, 0.29) is 0 Å². The fourth-order valence-electron chi connectivity index (χ4n) is 3.32. The number of anilines is 2. The third kappa shape index (κ3) is 4.34. The molecule has 0 saturated heterocycles. The number of hydrogen-bond acceptors (Lipinski definition) is 4. The Morgan fingerprint density at radius 1 is 1.08 bits per heavy atom. The summed E-state index contributed by atoms with van der Waals surface area (Å²) in [6.45, 7) is 9.31. The normalized spacial score (nSPS) is 11.0.